The SMILES string of the molecule is CCOC(=O)Cc1nc2ccccc2c(C)c1C. The van der Waals surface area contributed by atoms with Gasteiger partial charge in [0.25, 0.3) is 0 Å². The zero-order valence-corrected chi connectivity index (χ0v) is 11.0. The summed E-state index contributed by atoms with van der Waals surface area (Å²) < 4.78 is 4.97. The zero-order chi connectivity index (χ0) is 13.1. The summed E-state index contributed by atoms with van der Waals surface area (Å²) >= 11 is 0. The van der Waals surface area contributed by atoms with Gasteiger partial charge >= 0.3 is 5.97 Å². The number of esters is 1. The molecule has 3 heteroatoms. The number of carbonyl (C=O) groups excluding carboxylic acids is 1. The number of para-hydroxylation sites is 1. The lowest BCUT2D eigenvalue weighted by Crippen LogP contribution is -2.10. The van der Waals surface area contributed by atoms with Crippen LogP contribution in [0.15, 0.2) is 24.3 Å². The second-order valence-corrected chi connectivity index (χ2v) is 4.31. The molecule has 0 amide bonds. The first-order chi connectivity index (χ1) is 8.63. The predicted octanol–water partition coefficient (Wildman–Crippen LogP) is 2.96. The van der Waals surface area contributed by atoms with Gasteiger partial charge in [0.15, 0.2) is 0 Å². The molecule has 2 aromatic rings. The van der Waals surface area contributed by atoms with Crippen molar-refractivity contribution in [1.82, 2.24) is 4.98 Å². The minimum Gasteiger partial charge on any atom is -0.466 e. The highest BCUT2D eigenvalue weighted by Crippen LogP contribution is 2.22. The summed E-state index contributed by atoms with van der Waals surface area (Å²) in [6.45, 7) is 6.28. The quantitative estimate of drug-likeness (QED) is 0.778. The van der Waals surface area contributed by atoms with Gasteiger partial charge in [0.05, 0.1) is 24.2 Å². The summed E-state index contributed by atoms with van der Waals surface area (Å²) in [5.74, 6) is -0.220. The summed E-state index contributed by atoms with van der Waals surface area (Å²) in [7, 11) is 0. The van der Waals surface area contributed by atoms with Gasteiger partial charge in [-0.25, -0.2) is 0 Å². The molecule has 18 heavy (non-hydrogen) atoms. The molecule has 1 heterocycles. The summed E-state index contributed by atoms with van der Waals surface area (Å²) in [6.07, 6.45) is 0.241. The molecule has 0 unspecified atom stereocenters. The lowest BCUT2D eigenvalue weighted by molar-refractivity contribution is -0.142. The smallest absolute Gasteiger partial charge is 0.311 e. The van der Waals surface area contributed by atoms with Crippen molar-refractivity contribution in [2.75, 3.05) is 6.61 Å². The van der Waals surface area contributed by atoms with Crippen molar-refractivity contribution in [3.8, 4) is 0 Å². The Morgan fingerprint density at radius 3 is 2.67 bits per heavy atom. The molecule has 0 aliphatic carbocycles. The topological polar surface area (TPSA) is 39.2 Å². The number of benzene rings is 1. The number of aromatic nitrogens is 1. The van der Waals surface area contributed by atoms with Gasteiger partial charge in [-0.1, -0.05) is 18.2 Å². The molecule has 0 spiro atoms. The molecular formula is C15H17NO2. The van der Waals surface area contributed by atoms with Crippen LogP contribution < -0.4 is 0 Å². The van der Waals surface area contributed by atoms with Gasteiger partial charge in [-0.2, -0.15) is 0 Å². The van der Waals surface area contributed by atoms with Crippen LogP contribution >= 0.6 is 0 Å². The van der Waals surface area contributed by atoms with E-state index in [0.717, 1.165) is 22.2 Å². The maximum atomic E-state index is 11.5. The van der Waals surface area contributed by atoms with E-state index in [1.54, 1.807) is 0 Å². The Kier molecular flexibility index (Phi) is 3.60. The standard InChI is InChI=1S/C15H17NO2/c1-4-18-15(17)9-14-11(3)10(2)12-7-5-6-8-13(12)16-14/h5-8H,4,9H2,1-3H3. The molecule has 0 radical (unpaired) electrons. The first-order valence-electron chi connectivity index (χ1n) is 6.14. The summed E-state index contributed by atoms with van der Waals surface area (Å²) in [5, 5.41) is 1.14. The number of rotatable bonds is 3. The van der Waals surface area contributed by atoms with E-state index in [1.165, 1.54) is 5.56 Å². The number of pyridine rings is 1. The number of ether oxygens (including phenoxy) is 1. The highest BCUT2D eigenvalue weighted by Gasteiger charge is 2.12. The molecular weight excluding hydrogens is 226 g/mol. The van der Waals surface area contributed by atoms with Gasteiger partial charge in [0.2, 0.25) is 0 Å². The fourth-order valence-electron chi connectivity index (χ4n) is 2.06. The third-order valence-corrected chi connectivity index (χ3v) is 3.18. The van der Waals surface area contributed by atoms with Crippen molar-refractivity contribution in [3.05, 3.63) is 41.1 Å². The van der Waals surface area contributed by atoms with E-state index >= 15 is 0 Å². The van der Waals surface area contributed by atoms with Crippen LogP contribution in [-0.4, -0.2) is 17.6 Å². The minimum atomic E-state index is -0.220. The van der Waals surface area contributed by atoms with Crippen LogP contribution in [0.25, 0.3) is 10.9 Å². The molecule has 1 aromatic carbocycles. The van der Waals surface area contributed by atoms with Gasteiger partial charge in [-0.15, -0.1) is 0 Å². The Balaban J connectivity index is 2.45. The van der Waals surface area contributed by atoms with Crippen LogP contribution in [0.4, 0.5) is 0 Å². The first kappa shape index (κ1) is 12.6. The number of carbonyl (C=O) groups is 1. The van der Waals surface area contributed by atoms with Gasteiger partial charge in [-0.05, 0) is 38.0 Å². The van der Waals surface area contributed by atoms with Crippen molar-refractivity contribution in [2.24, 2.45) is 0 Å². The Bertz CT molecular complexity index is 590. The second kappa shape index (κ2) is 5.17. The van der Waals surface area contributed by atoms with Crippen molar-refractivity contribution >= 4 is 16.9 Å². The third-order valence-electron chi connectivity index (χ3n) is 3.18. The first-order valence-corrected chi connectivity index (χ1v) is 6.14. The van der Waals surface area contributed by atoms with Crippen molar-refractivity contribution in [3.63, 3.8) is 0 Å². The average Bonchev–Trinajstić information content (AvgIpc) is 2.36. The molecule has 0 N–H and O–H groups in total. The lowest BCUT2D eigenvalue weighted by Gasteiger charge is -2.11. The van der Waals surface area contributed by atoms with E-state index in [0.29, 0.717) is 6.61 Å². The van der Waals surface area contributed by atoms with E-state index in [4.69, 9.17) is 4.74 Å². The lowest BCUT2D eigenvalue weighted by atomic mass is 10.0. The number of hydrogen-bond acceptors (Lipinski definition) is 3. The highest BCUT2D eigenvalue weighted by atomic mass is 16.5. The summed E-state index contributed by atoms with van der Waals surface area (Å²) in [6, 6.07) is 7.98. The van der Waals surface area contributed by atoms with Gasteiger partial charge in [0.1, 0.15) is 0 Å². The molecule has 0 saturated heterocycles. The van der Waals surface area contributed by atoms with Crippen molar-refractivity contribution < 1.29 is 9.53 Å². The molecule has 2 rings (SSSR count). The van der Waals surface area contributed by atoms with E-state index in [2.05, 4.69) is 18.0 Å². The molecule has 0 fully saturated rings. The average molecular weight is 243 g/mol. The fraction of sp³-hybridized carbons (Fsp3) is 0.333. The molecule has 0 bridgehead atoms. The van der Waals surface area contributed by atoms with Crippen LogP contribution in [0.5, 0.6) is 0 Å². The van der Waals surface area contributed by atoms with Crippen LogP contribution in [-0.2, 0) is 16.0 Å². The van der Waals surface area contributed by atoms with Crippen LogP contribution in [0.3, 0.4) is 0 Å². The molecule has 1 aromatic heterocycles. The van der Waals surface area contributed by atoms with E-state index in [1.807, 2.05) is 32.0 Å². The predicted molar refractivity (Wildman–Crippen MR) is 71.6 cm³/mol. The number of hydrogen-bond donors (Lipinski definition) is 0. The van der Waals surface area contributed by atoms with Crippen molar-refractivity contribution in [2.45, 2.75) is 27.2 Å². The van der Waals surface area contributed by atoms with Crippen LogP contribution in [0.1, 0.15) is 23.7 Å². The Morgan fingerprint density at radius 2 is 1.94 bits per heavy atom. The van der Waals surface area contributed by atoms with Crippen LogP contribution in [0.2, 0.25) is 0 Å². The third kappa shape index (κ3) is 2.35. The number of nitrogens with zero attached hydrogens (tertiary/aromatic N) is 1. The Labute approximate surface area is 107 Å². The molecule has 0 atom stereocenters. The monoisotopic (exact) mass is 243 g/mol. The number of aryl methyl sites for hydroxylation is 1. The van der Waals surface area contributed by atoms with Crippen LogP contribution in [0, 0.1) is 13.8 Å². The largest absolute Gasteiger partial charge is 0.466 e. The minimum absolute atomic E-state index is 0.220. The maximum Gasteiger partial charge on any atom is 0.311 e. The summed E-state index contributed by atoms with van der Waals surface area (Å²) in [4.78, 5) is 16.1. The summed E-state index contributed by atoms with van der Waals surface area (Å²) in [5.41, 5.74) is 3.99. The Morgan fingerprint density at radius 1 is 1.22 bits per heavy atom. The zero-order valence-electron chi connectivity index (χ0n) is 11.0. The Hall–Kier alpha value is -1.90. The molecule has 0 saturated carbocycles. The van der Waals surface area contributed by atoms with Crippen molar-refractivity contribution in [1.29, 1.82) is 0 Å². The normalized spacial score (nSPS) is 10.6. The highest BCUT2D eigenvalue weighted by molar-refractivity contribution is 5.84. The maximum absolute atomic E-state index is 11.5. The van der Waals surface area contributed by atoms with Gasteiger partial charge in [0, 0.05) is 5.39 Å². The molecule has 0 aliphatic rings. The fourth-order valence-corrected chi connectivity index (χ4v) is 2.06. The second-order valence-electron chi connectivity index (χ2n) is 4.31. The van der Waals surface area contributed by atoms with E-state index in [-0.39, 0.29) is 12.4 Å². The molecule has 3 nitrogen and oxygen atoms in total. The number of fused-ring (bicyclic) bond motifs is 1. The van der Waals surface area contributed by atoms with Gasteiger partial charge in [-0.3, -0.25) is 9.78 Å². The van der Waals surface area contributed by atoms with Gasteiger partial charge < -0.3 is 4.74 Å². The molecule has 0 aliphatic heterocycles. The molecule has 94 valence electrons. The van der Waals surface area contributed by atoms with E-state index < -0.39 is 0 Å². The van der Waals surface area contributed by atoms with E-state index in [9.17, 15) is 4.79 Å².